The molecule has 3 aromatic carbocycles. The summed E-state index contributed by atoms with van der Waals surface area (Å²) in [7, 11) is 0. The molecule has 0 saturated heterocycles. The zero-order chi connectivity index (χ0) is 24.2. The van der Waals surface area contributed by atoms with Crippen molar-refractivity contribution in [2.45, 2.75) is 39.3 Å². The lowest BCUT2D eigenvalue weighted by molar-refractivity contribution is -0.139. The molecule has 1 atom stereocenters. The minimum atomic E-state index is -0.681. The molecule has 0 aromatic heterocycles. The van der Waals surface area contributed by atoms with E-state index in [1.165, 1.54) is 4.90 Å². The topological polar surface area (TPSA) is 69.7 Å². The molecule has 4 rings (SSSR count). The second kappa shape index (κ2) is 10.4. The summed E-state index contributed by atoms with van der Waals surface area (Å²) in [5, 5.41) is 4.76. The maximum atomic E-state index is 13.6. The van der Waals surface area contributed by atoms with Gasteiger partial charge in [-0.3, -0.25) is 19.3 Å². The van der Waals surface area contributed by atoms with E-state index in [4.69, 9.17) is 0 Å². The van der Waals surface area contributed by atoms with Crippen LogP contribution < -0.4 is 10.2 Å². The van der Waals surface area contributed by atoms with Gasteiger partial charge in [0.2, 0.25) is 11.8 Å². The van der Waals surface area contributed by atoms with Crippen molar-refractivity contribution in [2.24, 2.45) is 0 Å². The summed E-state index contributed by atoms with van der Waals surface area (Å²) < 4.78 is 0.897. The first-order valence-corrected chi connectivity index (χ1v) is 12.3. The van der Waals surface area contributed by atoms with Crippen molar-refractivity contribution in [3.8, 4) is 0 Å². The molecule has 1 unspecified atom stereocenters. The smallest absolute Gasteiger partial charge is 0.259 e. The van der Waals surface area contributed by atoms with E-state index in [9.17, 15) is 14.4 Å². The standard InChI is InChI=1S/C27H28BrN3O3/c1-3-4-14-29-26(33)18(2)30(16-19-8-5-11-21(28)15-19)24(32)17-31-23-13-7-10-20-9-6-12-22(25(20)23)27(31)34/h5-13,15,18H,3-4,14,16-17H2,1-2H3,(H,29,33). The maximum Gasteiger partial charge on any atom is 0.259 e. The summed E-state index contributed by atoms with van der Waals surface area (Å²) in [4.78, 5) is 42.7. The van der Waals surface area contributed by atoms with E-state index >= 15 is 0 Å². The van der Waals surface area contributed by atoms with Crippen molar-refractivity contribution in [3.63, 3.8) is 0 Å². The van der Waals surface area contributed by atoms with Crippen molar-refractivity contribution in [1.82, 2.24) is 10.2 Å². The summed E-state index contributed by atoms with van der Waals surface area (Å²) in [5.74, 6) is -0.672. The fraction of sp³-hybridized carbons (Fsp3) is 0.296. The van der Waals surface area contributed by atoms with Gasteiger partial charge in [0.25, 0.3) is 5.91 Å². The molecular formula is C27H28BrN3O3. The van der Waals surface area contributed by atoms with Crippen molar-refractivity contribution in [2.75, 3.05) is 18.0 Å². The van der Waals surface area contributed by atoms with Gasteiger partial charge in [0, 0.05) is 28.5 Å². The average Bonchev–Trinajstić information content (AvgIpc) is 3.10. The summed E-state index contributed by atoms with van der Waals surface area (Å²) in [5.41, 5.74) is 2.23. The molecule has 34 heavy (non-hydrogen) atoms. The molecular weight excluding hydrogens is 494 g/mol. The highest BCUT2D eigenvalue weighted by Crippen LogP contribution is 2.37. The molecule has 3 amide bonds. The van der Waals surface area contributed by atoms with E-state index < -0.39 is 6.04 Å². The lowest BCUT2D eigenvalue weighted by Crippen LogP contribution is -2.51. The monoisotopic (exact) mass is 521 g/mol. The molecule has 0 spiro atoms. The van der Waals surface area contributed by atoms with Crippen LogP contribution in [0.4, 0.5) is 5.69 Å². The van der Waals surface area contributed by atoms with Gasteiger partial charge in [0.05, 0.1) is 5.69 Å². The van der Waals surface area contributed by atoms with E-state index in [2.05, 4.69) is 28.2 Å². The number of unbranched alkanes of at least 4 members (excludes halogenated alkanes) is 1. The first-order valence-electron chi connectivity index (χ1n) is 11.6. The van der Waals surface area contributed by atoms with Gasteiger partial charge in [0.1, 0.15) is 12.6 Å². The Hall–Kier alpha value is -3.19. The fourth-order valence-corrected chi connectivity index (χ4v) is 4.76. The Bertz CT molecular complexity index is 1240. The number of rotatable bonds is 9. The van der Waals surface area contributed by atoms with Gasteiger partial charge >= 0.3 is 0 Å². The Labute approximate surface area is 208 Å². The molecule has 176 valence electrons. The van der Waals surface area contributed by atoms with E-state index in [-0.39, 0.29) is 30.8 Å². The maximum absolute atomic E-state index is 13.6. The van der Waals surface area contributed by atoms with E-state index in [0.717, 1.165) is 39.3 Å². The molecule has 6 nitrogen and oxygen atoms in total. The molecule has 1 N–H and O–H groups in total. The molecule has 0 radical (unpaired) electrons. The van der Waals surface area contributed by atoms with Crippen LogP contribution >= 0.6 is 15.9 Å². The minimum Gasteiger partial charge on any atom is -0.354 e. The third kappa shape index (κ3) is 4.85. The Morgan fingerprint density at radius 1 is 1.09 bits per heavy atom. The Balaban J connectivity index is 1.60. The molecule has 0 fully saturated rings. The summed E-state index contributed by atoms with van der Waals surface area (Å²) in [6, 6.07) is 18.3. The van der Waals surface area contributed by atoms with Crippen LogP contribution in [0.5, 0.6) is 0 Å². The summed E-state index contributed by atoms with van der Waals surface area (Å²) in [6.07, 6.45) is 1.85. The highest BCUT2D eigenvalue weighted by atomic mass is 79.9. The number of anilines is 1. The normalized spacial score (nSPS) is 13.3. The van der Waals surface area contributed by atoms with Crippen LogP contribution in [0.15, 0.2) is 65.1 Å². The molecule has 1 aliphatic rings. The Morgan fingerprint density at radius 2 is 1.82 bits per heavy atom. The van der Waals surface area contributed by atoms with Crippen LogP contribution in [-0.4, -0.2) is 41.8 Å². The van der Waals surface area contributed by atoms with Crippen molar-refractivity contribution >= 4 is 50.1 Å². The highest BCUT2D eigenvalue weighted by Gasteiger charge is 2.34. The van der Waals surface area contributed by atoms with E-state index in [1.807, 2.05) is 54.6 Å². The number of nitrogens with one attached hydrogen (secondary N) is 1. The predicted molar refractivity (Wildman–Crippen MR) is 138 cm³/mol. The van der Waals surface area contributed by atoms with Gasteiger partial charge in [-0.1, -0.05) is 65.7 Å². The van der Waals surface area contributed by atoms with Crippen LogP contribution in [0, 0.1) is 0 Å². The minimum absolute atomic E-state index is 0.132. The van der Waals surface area contributed by atoms with Gasteiger partial charge in [-0.2, -0.15) is 0 Å². The van der Waals surface area contributed by atoms with Crippen molar-refractivity contribution < 1.29 is 14.4 Å². The second-order valence-electron chi connectivity index (χ2n) is 8.54. The van der Waals surface area contributed by atoms with Crippen molar-refractivity contribution in [3.05, 3.63) is 76.3 Å². The second-order valence-corrected chi connectivity index (χ2v) is 9.46. The largest absolute Gasteiger partial charge is 0.354 e. The number of hydrogen-bond donors (Lipinski definition) is 1. The van der Waals surface area contributed by atoms with Gasteiger partial charge in [-0.05, 0) is 48.6 Å². The highest BCUT2D eigenvalue weighted by molar-refractivity contribution is 9.10. The molecule has 7 heteroatoms. The summed E-state index contributed by atoms with van der Waals surface area (Å²) in [6.45, 7) is 4.50. The molecule has 1 heterocycles. The van der Waals surface area contributed by atoms with Crippen LogP contribution in [0.3, 0.4) is 0 Å². The number of amides is 3. The molecule has 1 aliphatic heterocycles. The number of halogens is 1. The van der Waals surface area contributed by atoms with Crippen molar-refractivity contribution in [1.29, 1.82) is 0 Å². The third-order valence-corrected chi connectivity index (χ3v) is 6.67. The SMILES string of the molecule is CCCCNC(=O)C(C)N(Cc1cccc(Br)c1)C(=O)CN1C(=O)c2cccc3cccc1c23. The Morgan fingerprint density at radius 3 is 2.56 bits per heavy atom. The van der Waals surface area contributed by atoms with Crippen LogP contribution in [-0.2, 0) is 16.1 Å². The molecule has 3 aromatic rings. The lowest BCUT2D eigenvalue weighted by atomic mass is 10.1. The third-order valence-electron chi connectivity index (χ3n) is 6.18. The first kappa shape index (κ1) is 24.0. The van der Waals surface area contributed by atoms with E-state index in [1.54, 1.807) is 17.9 Å². The van der Waals surface area contributed by atoms with Crippen LogP contribution in [0.1, 0.15) is 42.6 Å². The number of carbonyl (C=O) groups is 3. The quantitative estimate of drug-likeness (QED) is 0.407. The molecule has 0 bridgehead atoms. The first-order chi connectivity index (χ1) is 16.4. The van der Waals surface area contributed by atoms with E-state index in [0.29, 0.717) is 12.1 Å². The number of nitrogens with zero attached hydrogens (tertiary/aromatic N) is 2. The zero-order valence-electron chi connectivity index (χ0n) is 19.4. The average molecular weight is 522 g/mol. The lowest BCUT2D eigenvalue weighted by Gasteiger charge is -2.30. The molecule has 0 aliphatic carbocycles. The number of benzene rings is 3. The fourth-order valence-electron chi connectivity index (χ4n) is 4.31. The Kier molecular flexibility index (Phi) is 7.32. The van der Waals surface area contributed by atoms with Crippen LogP contribution in [0.2, 0.25) is 0 Å². The number of hydrogen-bond acceptors (Lipinski definition) is 3. The predicted octanol–water partition coefficient (Wildman–Crippen LogP) is 4.90. The van der Waals surface area contributed by atoms with Crippen LogP contribution in [0.25, 0.3) is 10.8 Å². The van der Waals surface area contributed by atoms with Gasteiger partial charge in [0.15, 0.2) is 0 Å². The van der Waals surface area contributed by atoms with Gasteiger partial charge in [-0.25, -0.2) is 0 Å². The summed E-state index contributed by atoms with van der Waals surface area (Å²) >= 11 is 3.47. The molecule has 0 saturated carbocycles. The number of carbonyl (C=O) groups excluding carboxylic acids is 3. The van der Waals surface area contributed by atoms with Gasteiger partial charge in [-0.15, -0.1) is 0 Å². The van der Waals surface area contributed by atoms with Gasteiger partial charge < -0.3 is 10.2 Å². The zero-order valence-corrected chi connectivity index (χ0v) is 21.0.